The van der Waals surface area contributed by atoms with Crippen molar-refractivity contribution in [3.63, 3.8) is 0 Å². The second kappa shape index (κ2) is 10.4. The molecule has 2 aromatic heterocycles. The number of nitrogens with one attached hydrogen (secondary N) is 1. The Hall–Kier alpha value is -2.56. The highest BCUT2D eigenvalue weighted by Gasteiger charge is 2.25. The lowest BCUT2D eigenvalue weighted by molar-refractivity contribution is 0.0703. The average Bonchev–Trinajstić information content (AvgIpc) is 3.10. The molecular formula is C25H33N3O3S. The van der Waals surface area contributed by atoms with E-state index in [1.165, 1.54) is 16.9 Å². The summed E-state index contributed by atoms with van der Waals surface area (Å²) in [5.41, 5.74) is 1.72. The van der Waals surface area contributed by atoms with Crippen molar-refractivity contribution in [1.29, 1.82) is 0 Å². The highest BCUT2D eigenvalue weighted by atomic mass is 32.1. The van der Waals surface area contributed by atoms with Crippen molar-refractivity contribution in [3.05, 3.63) is 39.7 Å². The van der Waals surface area contributed by atoms with Crippen LogP contribution in [-0.4, -0.2) is 47.2 Å². The highest BCUT2D eigenvalue weighted by Crippen LogP contribution is 2.31. The number of aromatic nitrogens is 1. The first-order valence-electron chi connectivity index (χ1n) is 11.0. The van der Waals surface area contributed by atoms with E-state index in [1.54, 1.807) is 6.20 Å². The van der Waals surface area contributed by atoms with Crippen LogP contribution in [0.3, 0.4) is 0 Å². The smallest absolute Gasteiger partial charge is 0.348 e. The Labute approximate surface area is 195 Å². The molecule has 1 saturated carbocycles. The maximum Gasteiger partial charge on any atom is 0.348 e. The van der Waals surface area contributed by atoms with Crippen molar-refractivity contribution >= 4 is 23.0 Å². The maximum atomic E-state index is 11.7. The molecule has 1 aliphatic carbocycles. The predicted molar refractivity (Wildman–Crippen MR) is 130 cm³/mol. The van der Waals surface area contributed by atoms with Crippen LogP contribution in [0.5, 0.6) is 5.88 Å². The van der Waals surface area contributed by atoms with Crippen LogP contribution in [0.4, 0.5) is 5.69 Å². The summed E-state index contributed by atoms with van der Waals surface area (Å²) >= 11 is 1.23. The fourth-order valence-electron chi connectivity index (χ4n) is 3.66. The van der Waals surface area contributed by atoms with Gasteiger partial charge in [-0.25, -0.2) is 9.78 Å². The van der Waals surface area contributed by atoms with Gasteiger partial charge in [-0.05, 0) is 78.2 Å². The van der Waals surface area contributed by atoms with Crippen LogP contribution < -0.4 is 10.1 Å². The molecule has 3 rings (SSSR count). The Bertz CT molecular complexity index is 990. The zero-order chi connectivity index (χ0) is 23.3. The van der Waals surface area contributed by atoms with Crippen molar-refractivity contribution in [2.45, 2.75) is 65.1 Å². The number of nitrogens with zero attached hydrogens (tertiary/aromatic N) is 2. The lowest BCUT2D eigenvalue weighted by Crippen LogP contribution is -2.31. The molecule has 1 fully saturated rings. The molecule has 7 heteroatoms. The van der Waals surface area contributed by atoms with Gasteiger partial charge in [0.15, 0.2) is 0 Å². The number of ether oxygens (including phenoxy) is 1. The number of carboxylic acids is 1. The molecule has 0 aromatic carbocycles. The van der Waals surface area contributed by atoms with E-state index >= 15 is 0 Å². The molecule has 2 N–H and O–H groups in total. The summed E-state index contributed by atoms with van der Waals surface area (Å²) in [6.45, 7) is 6.97. The largest absolute Gasteiger partial charge is 0.477 e. The van der Waals surface area contributed by atoms with Gasteiger partial charge >= 0.3 is 5.97 Å². The van der Waals surface area contributed by atoms with E-state index in [0.717, 1.165) is 37.1 Å². The lowest BCUT2D eigenvalue weighted by atomic mass is 9.92. The van der Waals surface area contributed by atoms with Gasteiger partial charge in [-0.15, -0.1) is 11.3 Å². The second-order valence-electron chi connectivity index (χ2n) is 9.63. The number of hydrogen-bond donors (Lipinski definition) is 2. The Balaban J connectivity index is 1.58. The minimum Gasteiger partial charge on any atom is -0.477 e. The predicted octanol–water partition coefficient (Wildman–Crippen LogP) is 5.10. The molecule has 1 aliphatic rings. The molecule has 0 aliphatic heterocycles. The van der Waals surface area contributed by atoms with Crippen LogP contribution in [-0.2, 0) is 6.54 Å². The maximum absolute atomic E-state index is 11.7. The van der Waals surface area contributed by atoms with Gasteiger partial charge in [0.25, 0.3) is 0 Å². The number of carbonyl (C=O) groups is 1. The van der Waals surface area contributed by atoms with Gasteiger partial charge in [0, 0.05) is 30.3 Å². The van der Waals surface area contributed by atoms with Crippen LogP contribution in [0.25, 0.3) is 0 Å². The first kappa shape index (κ1) is 24.1. The number of hydrogen-bond acceptors (Lipinski definition) is 6. The van der Waals surface area contributed by atoms with Crippen LogP contribution in [0.15, 0.2) is 24.4 Å². The Morgan fingerprint density at radius 1 is 1.28 bits per heavy atom. The van der Waals surface area contributed by atoms with E-state index in [1.807, 2.05) is 53.1 Å². The molecule has 0 spiro atoms. The van der Waals surface area contributed by atoms with E-state index in [9.17, 15) is 9.90 Å². The number of rotatable bonds is 7. The Morgan fingerprint density at radius 2 is 2.00 bits per heavy atom. The minimum atomic E-state index is -0.915. The fraction of sp³-hybridized carbons (Fsp3) is 0.520. The zero-order valence-electron chi connectivity index (χ0n) is 19.6. The van der Waals surface area contributed by atoms with E-state index in [0.29, 0.717) is 16.4 Å². The monoisotopic (exact) mass is 455 g/mol. The molecular weight excluding hydrogens is 422 g/mol. The van der Waals surface area contributed by atoms with E-state index in [4.69, 9.17) is 4.74 Å². The summed E-state index contributed by atoms with van der Waals surface area (Å²) in [5, 5.41) is 13.1. The van der Waals surface area contributed by atoms with Gasteiger partial charge in [-0.1, -0.05) is 11.8 Å². The third-order valence-corrected chi connectivity index (χ3v) is 6.14. The van der Waals surface area contributed by atoms with Gasteiger partial charge in [-0.2, -0.15) is 0 Å². The number of pyridine rings is 1. The molecule has 32 heavy (non-hydrogen) atoms. The van der Waals surface area contributed by atoms with Gasteiger partial charge in [-0.3, -0.25) is 0 Å². The Morgan fingerprint density at radius 3 is 2.62 bits per heavy atom. The molecule has 0 amide bonds. The number of carboxylic acid groups (broad SMARTS) is 1. The minimum absolute atomic E-state index is 0.125. The molecule has 2 aromatic rings. The summed E-state index contributed by atoms with van der Waals surface area (Å²) in [6, 6.07) is 6.11. The van der Waals surface area contributed by atoms with Crippen molar-refractivity contribution in [2.75, 3.05) is 19.4 Å². The third kappa shape index (κ3) is 7.25. The molecule has 0 radical (unpaired) electrons. The highest BCUT2D eigenvalue weighted by molar-refractivity contribution is 7.15. The number of anilines is 1. The molecule has 0 atom stereocenters. The summed E-state index contributed by atoms with van der Waals surface area (Å²) in [5.74, 6) is 6.06. The van der Waals surface area contributed by atoms with Crippen LogP contribution in [0.2, 0.25) is 0 Å². The van der Waals surface area contributed by atoms with E-state index in [2.05, 4.69) is 27.0 Å². The first-order chi connectivity index (χ1) is 15.1. The Kier molecular flexibility index (Phi) is 7.81. The average molecular weight is 456 g/mol. The standard InChI is InChI=1S/C25H33N3O3S/c1-25(2,3)12-10-20-15-21(23(32-20)24(29)30)27-18-6-8-19(9-7-18)31-22-14-17(11-13-26-22)16-28(4)5/h11,13-15,18-19,27H,6-9,16H2,1-5H3,(H,29,30)/t18-,19-. The van der Waals surface area contributed by atoms with Crippen LogP contribution in [0, 0.1) is 17.3 Å². The molecule has 0 bridgehead atoms. The third-order valence-electron chi connectivity index (χ3n) is 5.11. The van der Waals surface area contributed by atoms with E-state index < -0.39 is 5.97 Å². The van der Waals surface area contributed by atoms with Crippen molar-refractivity contribution in [3.8, 4) is 17.7 Å². The summed E-state index contributed by atoms with van der Waals surface area (Å²) in [7, 11) is 4.08. The molecule has 0 saturated heterocycles. The van der Waals surface area contributed by atoms with Gasteiger partial charge in [0.2, 0.25) is 5.88 Å². The topological polar surface area (TPSA) is 74.7 Å². The normalized spacial score (nSPS) is 18.7. The van der Waals surface area contributed by atoms with Crippen molar-refractivity contribution in [1.82, 2.24) is 9.88 Å². The zero-order valence-corrected chi connectivity index (χ0v) is 20.4. The van der Waals surface area contributed by atoms with Crippen LogP contribution >= 0.6 is 11.3 Å². The molecule has 6 nitrogen and oxygen atoms in total. The second-order valence-corrected chi connectivity index (χ2v) is 10.7. The van der Waals surface area contributed by atoms with Gasteiger partial charge < -0.3 is 20.1 Å². The molecule has 2 heterocycles. The number of aromatic carboxylic acids is 1. The SMILES string of the molecule is CN(C)Cc1ccnc(O[C@H]2CC[C@H](Nc3cc(C#CC(C)(C)C)sc3C(=O)O)CC2)c1. The van der Waals surface area contributed by atoms with Crippen molar-refractivity contribution < 1.29 is 14.6 Å². The van der Waals surface area contributed by atoms with Crippen LogP contribution in [0.1, 0.15) is 66.6 Å². The summed E-state index contributed by atoms with van der Waals surface area (Å²) < 4.78 is 6.14. The van der Waals surface area contributed by atoms with Gasteiger partial charge in [0.1, 0.15) is 11.0 Å². The molecule has 172 valence electrons. The van der Waals surface area contributed by atoms with Gasteiger partial charge in [0.05, 0.1) is 10.6 Å². The summed E-state index contributed by atoms with van der Waals surface area (Å²) in [6.07, 6.45) is 5.57. The van der Waals surface area contributed by atoms with E-state index in [-0.39, 0.29) is 17.6 Å². The summed E-state index contributed by atoms with van der Waals surface area (Å²) in [4.78, 5) is 19.3. The number of thiophene rings is 1. The molecule has 0 unspecified atom stereocenters. The fourth-order valence-corrected chi connectivity index (χ4v) is 4.48. The van der Waals surface area contributed by atoms with Crippen molar-refractivity contribution in [2.24, 2.45) is 5.41 Å². The quantitative estimate of drug-likeness (QED) is 0.566. The lowest BCUT2D eigenvalue weighted by Gasteiger charge is -2.29. The first-order valence-corrected chi connectivity index (χ1v) is 11.8.